The third-order valence-corrected chi connectivity index (χ3v) is 5.98. The van der Waals surface area contributed by atoms with Gasteiger partial charge in [-0.1, -0.05) is 48.5 Å². The molecular weight excluding hydrogens is 431 g/mol. The highest BCUT2D eigenvalue weighted by molar-refractivity contribution is 6.03. The number of carbonyl (C=O) groups is 2. The van der Waals surface area contributed by atoms with Crippen molar-refractivity contribution in [3.63, 3.8) is 0 Å². The number of halogens is 1. The number of nitrogens with zero attached hydrogens (tertiary/aromatic N) is 1. The molecule has 3 aromatic carbocycles. The van der Waals surface area contributed by atoms with E-state index in [9.17, 15) is 14.0 Å². The maximum Gasteiger partial charge on any atom is 0.248 e. The molecule has 1 heterocycles. The number of nitrogens with two attached hydrogens (primary N) is 1. The zero-order chi connectivity index (χ0) is 24.1. The summed E-state index contributed by atoms with van der Waals surface area (Å²) < 4.78 is 14.0. The van der Waals surface area contributed by atoms with Gasteiger partial charge in [0, 0.05) is 25.1 Å². The van der Waals surface area contributed by atoms with Gasteiger partial charge in [-0.05, 0) is 48.5 Å². The number of nitrogens with one attached hydrogen (secondary N) is 2. The molecule has 2 atom stereocenters. The Bertz CT molecular complexity index is 1210. The Morgan fingerprint density at radius 2 is 1.62 bits per heavy atom. The first-order chi connectivity index (χ1) is 16.4. The van der Waals surface area contributed by atoms with Crippen LogP contribution in [0.1, 0.15) is 17.0 Å². The van der Waals surface area contributed by atoms with E-state index in [1.54, 1.807) is 48.5 Å². The van der Waals surface area contributed by atoms with E-state index in [0.29, 0.717) is 17.9 Å². The molecule has 0 saturated carbocycles. The minimum absolute atomic E-state index is 0.0147. The number of likely N-dealkylation sites (tertiary alicyclic amines) is 1. The molecule has 2 unspecified atom stereocenters. The quantitative estimate of drug-likeness (QED) is 0.379. The number of hydrogen-bond acceptors (Lipinski definition) is 4. The van der Waals surface area contributed by atoms with Crippen molar-refractivity contribution >= 4 is 35.0 Å². The van der Waals surface area contributed by atoms with E-state index in [-0.39, 0.29) is 29.3 Å². The van der Waals surface area contributed by atoms with Crippen LogP contribution >= 0.6 is 0 Å². The number of hydrogen-bond donors (Lipinski definition) is 3. The van der Waals surface area contributed by atoms with Crippen LogP contribution in [0.3, 0.4) is 0 Å². The number of rotatable bonds is 6. The zero-order valence-electron chi connectivity index (χ0n) is 18.9. The number of likely N-dealkylation sites (N-methyl/N-ethyl adjacent to an activating group) is 1. The molecule has 0 spiro atoms. The minimum atomic E-state index is -0.450. The molecule has 3 aromatic rings. The van der Waals surface area contributed by atoms with Gasteiger partial charge in [-0.15, -0.1) is 0 Å². The molecule has 1 saturated heterocycles. The van der Waals surface area contributed by atoms with E-state index in [2.05, 4.69) is 15.5 Å². The Balaban J connectivity index is 1.42. The van der Waals surface area contributed by atoms with E-state index in [0.717, 1.165) is 17.7 Å². The number of amides is 2. The van der Waals surface area contributed by atoms with Gasteiger partial charge >= 0.3 is 0 Å². The first-order valence-corrected chi connectivity index (χ1v) is 11.1. The summed E-state index contributed by atoms with van der Waals surface area (Å²) in [5.41, 5.74) is 9.00. The molecule has 7 heteroatoms. The minimum Gasteiger partial charge on any atom is -0.397 e. The number of para-hydroxylation sites is 3. The summed E-state index contributed by atoms with van der Waals surface area (Å²) in [6, 6.07) is 21.0. The first-order valence-electron chi connectivity index (χ1n) is 11.1. The van der Waals surface area contributed by atoms with E-state index in [1.807, 2.05) is 31.3 Å². The highest BCUT2D eigenvalue weighted by atomic mass is 19.1. The lowest BCUT2D eigenvalue weighted by molar-refractivity contribution is -0.120. The second kappa shape index (κ2) is 10.3. The molecule has 0 bridgehead atoms. The Morgan fingerprint density at radius 3 is 2.32 bits per heavy atom. The van der Waals surface area contributed by atoms with Crippen LogP contribution in [-0.4, -0.2) is 36.9 Å². The molecule has 2 amide bonds. The first kappa shape index (κ1) is 23.2. The second-order valence-electron chi connectivity index (χ2n) is 8.48. The standard InChI is InChI=1S/C27H27FN4O2/c1-32-16-20(21(17-32)27(34)31-24-8-4-2-6-22(24)28)19-13-10-18(11-14-19)12-15-26(33)30-25-9-5-3-7-23(25)29/h2-15,20-21H,16-17,29H2,1H3,(H,30,33)(H,31,34)/b15-12+. The summed E-state index contributed by atoms with van der Waals surface area (Å²) in [5, 5.41) is 5.49. The molecule has 4 N–H and O–H groups in total. The van der Waals surface area contributed by atoms with E-state index >= 15 is 0 Å². The van der Waals surface area contributed by atoms with Crippen LogP contribution in [0.2, 0.25) is 0 Å². The van der Waals surface area contributed by atoms with Gasteiger partial charge in [-0.2, -0.15) is 0 Å². The Labute approximate surface area is 198 Å². The summed E-state index contributed by atoms with van der Waals surface area (Å²) >= 11 is 0. The van der Waals surface area contributed by atoms with Gasteiger partial charge in [0.25, 0.3) is 0 Å². The van der Waals surface area contributed by atoms with Crippen LogP contribution in [0.15, 0.2) is 78.9 Å². The van der Waals surface area contributed by atoms with Crippen molar-refractivity contribution in [1.82, 2.24) is 4.90 Å². The van der Waals surface area contributed by atoms with Gasteiger partial charge in [0.1, 0.15) is 5.82 Å². The van der Waals surface area contributed by atoms with Crippen LogP contribution in [-0.2, 0) is 9.59 Å². The SMILES string of the molecule is CN1CC(C(=O)Nc2ccccc2F)C(c2ccc(/C=C/C(=O)Nc3ccccc3N)cc2)C1. The molecule has 1 fully saturated rings. The van der Waals surface area contributed by atoms with Crippen molar-refractivity contribution in [3.8, 4) is 0 Å². The summed E-state index contributed by atoms with van der Waals surface area (Å²) in [6.07, 6.45) is 3.18. The number of nitrogen functional groups attached to an aromatic ring is 1. The summed E-state index contributed by atoms with van der Waals surface area (Å²) in [4.78, 5) is 27.3. The van der Waals surface area contributed by atoms with Crippen molar-refractivity contribution in [2.24, 2.45) is 5.92 Å². The van der Waals surface area contributed by atoms with Gasteiger partial charge < -0.3 is 21.3 Å². The zero-order valence-corrected chi connectivity index (χ0v) is 18.9. The molecular formula is C27H27FN4O2. The number of benzene rings is 3. The number of anilines is 3. The van der Waals surface area contributed by atoms with Crippen LogP contribution < -0.4 is 16.4 Å². The highest BCUT2D eigenvalue weighted by Crippen LogP contribution is 2.33. The molecule has 0 radical (unpaired) electrons. The average Bonchev–Trinajstić information content (AvgIpc) is 3.23. The van der Waals surface area contributed by atoms with Crippen molar-refractivity contribution in [1.29, 1.82) is 0 Å². The predicted molar refractivity (Wildman–Crippen MR) is 134 cm³/mol. The normalized spacial score (nSPS) is 18.2. The van der Waals surface area contributed by atoms with Crippen molar-refractivity contribution in [2.45, 2.75) is 5.92 Å². The average molecular weight is 459 g/mol. The lowest BCUT2D eigenvalue weighted by Gasteiger charge is -2.19. The molecule has 174 valence electrons. The molecule has 34 heavy (non-hydrogen) atoms. The third kappa shape index (κ3) is 5.50. The van der Waals surface area contributed by atoms with Crippen LogP contribution in [0, 0.1) is 11.7 Å². The Hall–Kier alpha value is -3.97. The monoisotopic (exact) mass is 458 g/mol. The predicted octanol–water partition coefficient (Wildman–Crippen LogP) is 4.34. The maximum atomic E-state index is 14.0. The molecule has 0 aromatic heterocycles. The molecule has 6 nitrogen and oxygen atoms in total. The molecule has 1 aliphatic heterocycles. The van der Waals surface area contributed by atoms with Crippen LogP contribution in [0.25, 0.3) is 6.08 Å². The third-order valence-electron chi connectivity index (χ3n) is 5.98. The lowest BCUT2D eigenvalue weighted by Crippen LogP contribution is -2.28. The summed E-state index contributed by atoms with van der Waals surface area (Å²) in [6.45, 7) is 1.32. The Morgan fingerprint density at radius 1 is 0.941 bits per heavy atom. The van der Waals surface area contributed by atoms with Gasteiger partial charge in [0.05, 0.1) is 23.0 Å². The molecule has 1 aliphatic rings. The fourth-order valence-electron chi connectivity index (χ4n) is 4.20. The van der Waals surface area contributed by atoms with E-state index < -0.39 is 5.82 Å². The second-order valence-corrected chi connectivity index (χ2v) is 8.48. The van der Waals surface area contributed by atoms with Crippen LogP contribution in [0.4, 0.5) is 21.5 Å². The topological polar surface area (TPSA) is 87.5 Å². The highest BCUT2D eigenvalue weighted by Gasteiger charge is 2.37. The van der Waals surface area contributed by atoms with Crippen LogP contribution in [0.5, 0.6) is 0 Å². The van der Waals surface area contributed by atoms with Crippen molar-refractivity contribution < 1.29 is 14.0 Å². The molecule has 4 rings (SSSR count). The van der Waals surface area contributed by atoms with Gasteiger partial charge in [-0.25, -0.2) is 4.39 Å². The smallest absolute Gasteiger partial charge is 0.248 e. The molecule has 0 aliphatic carbocycles. The maximum absolute atomic E-state index is 14.0. The lowest BCUT2D eigenvalue weighted by atomic mass is 9.88. The van der Waals surface area contributed by atoms with E-state index in [1.165, 1.54) is 12.1 Å². The largest absolute Gasteiger partial charge is 0.397 e. The van der Waals surface area contributed by atoms with Gasteiger partial charge in [-0.3, -0.25) is 9.59 Å². The summed E-state index contributed by atoms with van der Waals surface area (Å²) in [7, 11) is 1.97. The van der Waals surface area contributed by atoms with Crippen molar-refractivity contribution in [3.05, 3.63) is 95.8 Å². The van der Waals surface area contributed by atoms with Gasteiger partial charge in [0.2, 0.25) is 11.8 Å². The summed E-state index contributed by atoms with van der Waals surface area (Å²) in [5.74, 6) is -1.23. The fraction of sp³-hybridized carbons (Fsp3) is 0.185. The van der Waals surface area contributed by atoms with Crippen molar-refractivity contribution in [2.75, 3.05) is 36.5 Å². The number of carbonyl (C=O) groups excluding carboxylic acids is 2. The Kier molecular flexibility index (Phi) is 7.04. The fourth-order valence-corrected chi connectivity index (χ4v) is 4.20. The van der Waals surface area contributed by atoms with E-state index in [4.69, 9.17) is 5.73 Å². The van der Waals surface area contributed by atoms with Gasteiger partial charge in [0.15, 0.2) is 0 Å².